The van der Waals surface area contributed by atoms with Crippen LogP contribution in [0.15, 0.2) is 0 Å². The van der Waals surface area contributed by atoms with Crippen molar-refractivity contribution in [2.75, 3.05) is 6.54 Å². The molecular formula is C15H30N2O. The van der Waals surface area contributed by atoms with E-state index in [1.165, 1.54) is 12.8 Å². The van der Waals surface area contributed by atoms with E-state index in [4.69, 9.17) is 5.73 Å². The molecule has 0 aromatic carbocycles. The van der Waals surface area contributed by atoms with Gasteiger partial charge in [0.25, 0.3) is 0 Å². The number of amides is 1. The fourth-order valence-electron chi connectivity index (χ4n) is 2.82. The summed E-state index contributed by atoms with van der Waals surface area (Å²) in [4.78, 5) is 12.2. The van der Waals surface area contributed by atoms with E-state index in [1.54, 1.807) is 0 Å². The van der Waals surface area contributed by atoms with Crippen molar-refractivity contribution in [3.63, 3.8) is 0 Å². The largest absolute Gasteiger partial charge is 0.353 e. The quantitative estimate of drug-likeness (QED) is 0.810. The smallest absolute Gasteiger partial charge is 0.227 e. The topological polar surface area (TPSA) is 55.1 Å². The summed E-state index contributed by atoms with van der Waals surface area (Å²) in [5.41, 5.74) is 5.22. The molecule has 106 valence electrons. The van der Waals surface area contributed by atoms with Gasteiger partial charge in [0.2, 0.25) is 5.91 Å². The third kappa shape index (κ3) is 3.71. The zero-order chi connectivity index (χ0) is 13.9. The summed E-state index contributed by atoms with van der Waals surface area (Å²) >= 11 is 0. The maximum absolute atomic E-state index is 12.2. The molecule has 0 heterocycles. The van der Waals surface area contributed by atoms with E-state index >= 15 is 0 Å². The Morgan fingerprint density at radius 3 is 2.50 bits per heavy atom. The second kappa shape index (κ2) is 6.05. The Hall–Kier alpha value is -0.570. The molecule has 0 saturated heterocycles. The predicted molar refractivity (Wildman–Crippen MR) is 76.1 cm³/mol. The SMILES string of the molecule is CC1CCC(C(C)C)C(NC(=O)C(C)(C)CN)C1. The molecule has 1 amide bonds. The van der Waals surface area contributed by atoms with Crippen molar-refractivity contribution in [2.24, 2.45) is 28.9 Å². The Balaban J connectivity index is 2.69. The molecule has 0 aromatic rings. The van der Waals surface area contributed by atoms with Gasteiger partial charge in [-0.15, -0.1) is 0 Å². The third-order valence-electron chi connectivity index (χ3n) is 4.46. The van der Waals surface area contributed by atoms with Gasteiger partial charge in [-0.2, -0.15) is 0 Å². The monoisotopic (exact) mass is 254 g/mol. The van der Waals surface area contributed by atoms with Gasteiger partial charge in [0.05, 0.1) is 5.41 Å². The van der Waals surface area contributed by atoms with Gasteiger partial charge in [-0.1, -0.05) is 27.2 Å². The Bertz CT molecular complexity index is 286. The van der Waals surface area contributed by atoms with Crippen molar-refractivity contribution in [1.82, 2.24) is 5.32 Å². The summed E-state index contributed by atoms with van der Waals surface area (Å²) in [6.07, 6.45) is 3.62. The molecule has 3 atom stereocenters. The molecule has 1 aliphatic rings. The van der Waals surface area contributed by atoms with E-state index in [-0.39, 0.29) is 5.91 Å². The van der Waals surface area contributed by atoms with Gasteiger partial charge in [0.15, 0.2) is 0 Å². The van der Waals surface area contributed by atoms with Gasteiger partial charge in [-0.25, -0.2) is 0 Å². The highest BCUT2D eigenvalue weighted by atomic mass is 16.2. The van der Waals surface area contributed by atoms with Crippen molar-refractivity contribution in [3.8, 4) is 0 Å². The van der Waals surface area contributed by atoms with E-state index in [1.807, 2.05) is 13.8 Å². The number of nitrogens with one attached hydrogen (secondary N) is 1. The first kappa shape index (κ1) is 15.5. The molecule has 1 rings (SSSR count). The van der Waals surface area contributed by atoms with Crippen molar-refractivity contribution in [3.05, 3.63) is 0 Å². The highest BCUT2D eigenvalue weighted by Gasteiger charge is 2.34. The Morgan fingerprint density at radius 1 is 1.39 bits per heavy atom. The highest BCUT2D eigenvalue weighted by Crippen LogP contribution is 2.33. The van der Waals surface area contributed by atoms with Crippen LogP contribution in [0, 0.1) is 23.2 Å². The molecule has 1 fully saturated rings. The number of hydrogen-bond donors (Lipinski definition) is 2. The number of rotatable bonds is 4. The number of carbonyl (C=O) groups is 1. The molecule has 0 radical (unpaired) electrons. The van der Waals surface area contributed by atoms with Crippen LogP contribution in [0.1, 0.15) is 53.9 Å². The van der Waals surface area contributed by atoms with E-state index in [0.29, 0.717) is 30.3 Å². The molecular weight excluding hydrogens is 224 g/mol. The molecule has 1 aliphatic carbocycles. The van der Waals surface area contributed by atoms with Crippen LogP contribution in [0.3, 0.4) is 0 Å². The molecule has 0 bridgehead atoms. The van der Waals surface area contributed by atoms with Gasteiger partial charge in [-0.05, 0) is 44.4 Å². The zero-order valence-corrected chi connectivity index (χ0v) is 12.6. The number of carbonyl (C=O) groups excluding carboxylic acids is 1. The van der Waals surface area contributed by atoms with E-state index in [2.05, 4.69) is 26.1 Å². The minimum atomic E-state index is -0.456. The number of nitrogens with two attached hydrogens (primary N) is 1. The van der Waals surface area contributed by atoms with Gasteiger partial charge >= 0.3 is 0 Å². The molecule has 3 N–H and O–H groups in total. The van der Waals surface area contributed by atoms with Crippen LogP contribution in [-0.4, -0.2) is 18.5 Å². The third-order valence-corrected chi connectivity index (χ3v) is 4.46. The molecule has 1 saturated carbocycles. The number of hydrogen-bond acceptors (Lipinski definition) is 2. The first-order valence-electron chi connectivity index (χ1n) is 7.29. The van der Waals surface area contributed by atoms with Crippen LogP contribution in [0.25, 0.3) is 0 Å². The Kier molecular flexibility index (Phi) is 5.20. The zero-order valence-electron chi connectivity index (χ0n) is 12.6. The van der Waals surface area contributed by atoms with Crippen molar-refractivity contribution >= 4 is 5.91 Å². The molecule has 3 nitrogen and oxygen atoms in total. The molecule has 0 aliphatic heterocycles. The molecule has 0 aromatic heterocycles. The van der Waals surface area contributed by atoms with Crippen LogP contribution in [-0.2, 0) is 4.79 Å². The van der Waals surface area contributed by atoms with Crippen molar-refractivity contribution < 1.29 is 4.79 Å². The maximum Gasteiger partial charge on any atom is 0.227 e. The molecule has 3 heteroatoms. The minimum Gasteiger partial charge on any atom is -0.353 e. The lowest BCUT2D eigenvalue weighted by Gasteiger charge is -2.39. The summed E-state index contributed by atoms with van der Waals surface area (Å²) in [5, 5.41) is 3.25. The van der Waals surface area contributed by atoms with E-state index in [0.717, 1.165) is 6.42 Å². The lowest BCUT2D eigenvalue weighted by atomic mass is 9.73. The van der Waals surface area contributed by atoms with Crippen LogP contribution in [0.5, 0.6) is 0 Å². The van der Waals surface area contributed by atoms with Gasteiger partial charge < -0.3 is 11.1 Å². The summed E-state index contributed by atoms with van der Waals surface area (Å²) in [6.45, 7) is 11.0. The fraction of sp³-hybridized carbons (Fsp3) is 0.933. The first-order valence-corrected chi connectivity index (χ1v) is 7.29. The first-order chi connectivity index (χ1) is 8.27. The van der Waals surface area contributed by atoms with Gasteiger partial charge in [-0.3, -0.25) is 4.79 Å². The maximum atomic E-state index is 12.2. The second-order valence-electron chi connectivity index (χ2n) is 6.99. The highest BCUT2D eigenvalue weighted by molar-refractivity contribution is 5.82. The summed E-state index contributed by atoms with van der Waals surface area (Å²) in [7, 11) is 0. The van der Waals surface area contributed by atoms with Crippen LogP contribution >= 0.6 is 0 Å². The summed E-state index contributed by atoms with van der Waals surface area (Å²) < 4.78 is 0. The van der Waals surface area contributed by atoms with Crippen molar-refractivity contribution in [1.29, 1.82) is 0 Å². The standard InChI is InChI=1S/C15H30N2O/c1-10(2)12-7-6-11(3)8-13(12)17-14(18)15(4,5)9-16/h10-13H,6-9,16H2,1-5H3,(H,17,18). The summed E-state index contributed by atoms with van der Waals surface area (Å²) in [6, 6.07) is 0.326. The normalized spacial score (nSPS) is 29.4. The van der Waals surface area contributed by atoms with E-state index < -0.39 is 5.41 Å². The van der Waals surface area contributed by atoms with E-state index in [9.17, 15) is 4.79 Å². The van der Waals surface area contributed by atoms with Crippen molar-refractivity contribution in [2.45, 2.75) is 59.9 Å². The lowest BCUT2D eigenvalue weighted by Crippen LogP contribution is -2.51. The molecule has 0 spiro atoms. The van der Waals surface area contributed by atoms with Crippen LogP contribution in [0.2, 0.25) is 0 Å². The average Bonchev–Trinajstić information content (AvgIpc) is 2.28. The van der Waals surface area contributed by atoms with Gasteiger partial charge in [0, 0.05) is 12.6 Å². The second-order valence-corrected chi connectivity index (χ2v) is 6.99. The lowest BCUT2D eigenvalue weighted by molar-refractivity contribution is -0.130. The fourth-order valence-corrected chi connectivity index (χ4v) is 2.82. The van der Waals surface area contributed by atoms with Crippen LogP contribution < -0.4 is 11.1 Å². The summed E-state index contributed by atoms with van der Waals surface area (Å²) in [5.74, 6) is 2.06. The molecule has 3 unspecified atom stereocenters. The predicted octanol–water partition coefficient (Wildman–Crippen LogP) is 2.55. The molecule has 18 heavy (non-hydrogen) atoms. The Morgan fingerprint density at radius 2 is 2.00 bits per heavy atom. The minimum absolute atomic E-state index is 0.106. The average molecular weight is 254 g/mol. The Labute approximate surface area is 112 Å². The van der Waals surface area contributed by atoms with Gasteiger partial charge in [0.1, 0.15) is 0 Å². The van der Waals surface area contributed by atoms with Crippen LogP contribution in [0.4, 0.5) is 0 Å².